The molecule has 114 valence electrons. The molecule has 1 aliphatic heterocycles. The number of carbonyl (C=O) groups is 1. The van der Waals surface area contributed by atoms with Crippen molar-refractivity contribution in [3.8, 4) is 0 Å². The lowest BCUT2D eigenvalue weighted by molar-refractivity contribution is 0.0697. The van der Waals surface area contributed by atoms with Crippen molar-refractivity contribution in [2.45, 2.75) is 37.6 Å². The minimum atomic E-state index is -0.841. The summed E-state index contributed by atoms with van der Waals surface area (Å²) < 4.78 is 0. The number of allylic oxidation sites excluding steroid dienone is 4. The summed E-state index contributed by atoms with van der Waals surface area (Å²) in [5, 5.41) is 13.1. The second kappa shape index (κ2) is 5.31. The van der Waals surface area contributed by atoms with Crippen LogP contribution in [0.2, 0.25) is 0 Å². The number of rotatable bonds is 2. The maximum Gasteiger partial charge on any atom is 0.337 e. The molecule has 0 saturated carbocycles. The number of para-hydroxylation sites is 1. The van der Waals surface area contributed by atoms with E-state index in [1.165, 1.54) is 6.42 Å². The van der Waals surface area contributed by atoms with Crippen molar-refractivity contribution in [1.82, 2.24) is 0 Å². The molecule has 2 N–H and O–H groups in total. The Bertz CT molecular complexity index is 661. The van der Waals surface area contributed by atoms with E-state index in [-0.39, 0.29) is 0 Å². The molecule has 0 spiro atoms. The standard InChI is InChI=1S/C19H21NO2/c21-19(22)16-11-5-10-15-13-8-4-9-14(13)17(20-18(15)16)12-6-2-1-3-7-12/h1-2,4-5,8,10-14,17,20H,3,6-7,9H2,(H,21,22)/t12-,13+,14-,17-/m1/s1. The molecule has 4 rings (SSSR count). The predicted molar refractivity (Wildman–Crippen MR) is 87.3 cm³/mol. The topological polar surface area (TPSA) is 49.3 Å². The van der Waals surface area contributed by atoms with E-state index in [1.54, 1.807) is 6.07 Å². The maximum absolute atomic E-state index is 11.6. The van der Waals surface area contributed by atoms with Crippen molar-refractivity contribution in [2.75, 3.05) is 5.32 Å². The first-order chi connectivity index (χ1) is 10.8. The summed E-state index contributed by atoms with van der Waals surface area (Å²) >= 11 is 0. The first-order valence-electron chi connectivity index (χ1n) is 8.20. The third-order valence-corrected chi connectivity index (χ3v) is 5.49. The van der Waals surface area contributed by atoms with Gasteiger partial charge in [0.25, 0.3) is 0 Å². The summed E-state index contributed by atoms with van der Waals surface area (Å²) in [4.78, 5) is 11.6. The van der Waals surface area contributed by atoms with E-state index in [2.05, 4.69) is 35.7 Å². The monoisotopic (exact) mass is 295 g/mol. The van der Waals surface area contributed by atoms with Gasteiger partial charge in [-0.15, -0.1) is 0 Å². The number of carboxylic acid groups (broad SMARTS) is 1. The van der Waals surface area contributed by atoms with Crippen molar-refractivity contribution >= 4 is 11.7 Å². The fourth-order valence-corrected chi connectivity index (χ4v) is 4.45. The molecule has 22 heavy (non-hydrogen) atoms. The van der Waals surface area contributed by atoms with Gasteiger partial charge >= 0.3 is 5.97 Å². The summed E-state index contributed by atoms with van der Waals surface area (Å²) in [5.74, 6) is 0.693. The highest BCUT2D eigenvalue weighted by atomic mass is 16.4. The van der Waals surface area contributed by atoms with Crippen LogP contribution in [-0.4, -0.2) is 17.1 Å². The molecule has 3 heteroatoms. The van der Waals surface area contributed by atoms with E-state index < -0.39 is 5.97 Å². The van der Waals surface area contributed by atoms with Gasteiger partial charge in [-0.3, -0.25) is 0 Å². The van der Waals surface area contributed by atoms with Crippen LogP contribution in [0.1, 0.15) is 47.5 Å². The Morgan fingerprint density at radius 1 is 1.18 bits per heavy atom. The number of benzene rings is 1. The van der Waals surface area contributed by atoms with Gasteiger partial charge in [0.15, 0.2) is 0 Å². The molecule has 0 aromatic heterocycles. The van der Waals surface area contributed by atoms with Crippen LogP contribution in [0.15, 0.2) is 42.5 Å². The Labute approximate surface area is 130 Å². The van der Waals surface area contributed by atoms with Crippen molar-refractivity contribution in [1.29, 1.82) is 0 Å². The second-order valence-electron chi connectivity index (χ2n) is 6.64. The van der Waals surface area contributed by atoms with Crippen molar-refractivity contribution in [2.24, 2.45) is 11.8 Å². The summed E-state index contributed by atoms with van der Waals surface area (Å²) in [6.07, 6.45) is 13.6. The van der Waals surface area contributed by atoms with Crippen LogP contribution >= 0.6 is 0 Å². The molecule has 1 aromatic carbocycles. The molecule has 0 unspecified atom stereocenters. The van der Waals surface area contributed by atoms with Gasteiger partial charge in [-0.25, -0.2) is 4.79 Å². The zero-order valence-electron chi connectivity index (χ0n) is 12.5. The van der Waals surface area contributed by atoms with Crippen molar-refractivity contribution < 1.29 is 9.90 Å². The van der Waals surface area contributed by atoms with Crippen LogP contribution in [0.3, 0.4) is 0 Å². The molecular weight excluding hydrogens is 274 g/mol. The van der Waals surface area contributed by atoms with Crippen LogP contribution in [0, 0.1) is 11.8 Å². The summed E-state index contributed by atoms with van der Waals surface area (Å²) in [7, 11) is 0. The Morgan fingerprint density at radius 3 is 2.86 bits per heavy atom. The number of carboxylic acids is 1. The molecule has 3 nitrogen and oxygen atoms in total. The van der Waals surface area contributed by atoms with Crippen molar-refractivity contribution in [3.05, 3.63) is 53.6 Å². The normalized spacial score (nSPS) is 32.2. The molecule has 0 amide bonds. The van der Waals surface area contributed by atoms with Gasteiger partial charge in [0.1, 0.15) is 0 Å². The zero-order valence-corrected chi connectivity index (χ0v) is 12.5. The van der Waals surface area contributed by atoms with E-state index in [4.69, 9.17) is 0 Å². The van der Waals surface area contributed by atoms with E-state index >= 15 is 0 Å². The zero-order chi connectivity index (χ0) is 15.1. The van der Waals surface area contributed by atoms with E-state index in [0.717, 1.165) is 30.5 Å². The van der Waals surface area contributed by atoms with Gasteiger partial charge in [0, 0.05) is 12.0 Å². The number of hydrogen-bond donors (Lipinski definition) is 2. The molecule has 2 aliphatic carbocycles. The molecule has 1 aromatic rings. The minimum Gasteiger partial charge on any atom is -0.478 e. The van der Waals surface area contributed by atoms with Gasteiger partial charge in [0.05, 0.1) is 11.3 Å². The number of fused-ring (bicyclic) bond motifs is 3. The van der Waals surface area contributed by atoms with Gasteiger partial charge in [-0.2, -0.15) is 0 Å². The van der Waals surface area contributed by atoms with Crippen LogP contribution < -0.4 is 5.32 Å². The van der Waals surface area contributed by atoms with Crippen LogP contribution in [0.25, 0.3) is 0 Å². The lowest BCUT2D eigenvalue weighted by atomic mass is 9.71. The quantitative estimate of drug-likeness (QED) is 0.804. The minimum absolute atomic E-state index is 0.367. The molecule has 0 saturated heterocycles. The number of nitrogens with one attached hydrogen (secondary N) is 1. The Kier molecular flexibility index (Phi) is 3.29. The highest BCUT2D eigenvalue weighted by molar-refractivity contribution is 5.95. The van der Waals surface area contributed by atoms with Crippen LogP contribution in [-0.2, 0) is 0 Å². The second-order valence-corrected chi connectivity index (χ2v) is 6.64. The first kappa shape index (κ1) is 13.6. The fourth-order valence-electron chi connectivity index (χ4n) is 4.45. The highest BCUT2D eigenvalue weighted by Gasteiger charge is 2.41. The summed E-state index contributed by atoms with van der Waals surface area (Å²) in [5.41, 5.74) is 2.41. The Hall–Kier alpha value is -2.03. The van der Waals surface area contributed by atoms with E-state index in [9.17, 15) is 9.90 Å². The van der Waals surface area contributed by atoms with Gasteiger partial charge in [-0.05, 0) is 49.1 Å². The predicted octanol–water partition coefficient (Wildman–Crippen LogP) is 4.19. The summed E-state index contributed by atoms with van der Waals surface area (Å²) in [6, 6.07) is 6.04. The third kappa shape index (κ3) is 2.07. The Morgan fingerprint density at radius 2 is 2.09 bits per heavy atom. The Balaban J connectivity index is 1.76. The lowest BCUT2D eigenvalue weighted by Crippen LogP contribution is -2.42. The molecule has 0 fully saturated rings. The number of hydrogen-bond acceptors (Lipinski definition) is 2. The SMILES string of the molecule is O=C(O)c1cccc2c1N[C@H]([C@@H]1CC=CCC1)[C@@H]1CC=C[C@H]21. The molecule has 1 heterocycles. The number of aromatic carboxylic acids is 1. The molecular formula is C19H21NO2. The van der Waals surface area contributed by atoms with Gasteiger partial charge < -0.3 is 10.4 Å². The lowest BCUT2D eigenvalue weighted by Gasteiger charge is -2.42. The van der Waals surface area contributed by atoms with E-state index in [0.29, 0.717) is 29.4 Å². The van der Waals surface area contributed by atoms with Gasteiger partial charge in [0.2, 0.25) is 0 Å². The van der Waals surface area contributed by atoms with Crippen LogP contribution in [0.5, 0.6) is 0 Å². The average Bonchev–Trinajstić information content (AvgIpc) is 3.04. The van der Waals surface area contributed by atoms with Crippen LogP contribution in [0.4, 0.5) is 5.69 Å². The fraction of sp³-hybridized carbons (Fsp3) is 0.421. The average molecular weight is 295 g/mol. The third-order valence-electron chi connectivity index (χ3n) is 5.49. The largest absolute Gasteiger partial charge is 0.478 e. The highest BCUT2D eigenvalue weighted by Crippen LogP contribution is 2.48. The molecule has 4 atom stereocenters. The van der Waals surface area contributed by atoms with E-state index in [1.807, 2.05) is 6.07 Å². The molecule has 0 radical (unpaired) electrons. The smallest absolute Gasteiger partial charge is 0.337 e. The number of anilines is 1. The van der Waals surface area contributed by atoms with Gasteiger partial charge in [-0.1, -0.05) is 36.4 Å². The maximum atomic E-state index is 11.6. The first-order valence-corrected chi connectivity index (χ1v) is 8.20. The van der Waals surface area contributed by atoms with Crippen molar-refractivity contribution in [3.63, 3.8) is 0 Å². The summed E-state index contributed by atoms with van der Waals surface area (Å²) in [6.45, 7) is 0. The molecule has 3 aliphatic rings. The molecule has 0 bridgehead atoms.